The van der Waals surface area contributed by atoms with Gasteiger partial charge in [0.25, 0.3) is 0 Å². The topological polar surface area (TPSA) is 21.3 Å². The van der Waals surface area contributed by atoms with Crippen molar-refractivity contribution in [2.24, 2.45) is 0 Å². The van der Waals surface area contributed by atoms with Gasteiger partial charge in [0.15, 0.2) is 0 Å². The van der Waals surface area contributed by atoms with Gasteiger partial charge in [-0.3, -0.25) is 0 Å². The number of ether oxygens (including phenoxy) is 1. The minimum absolute atomic E-state index is 0.786. The van der Waals surface area contributed by atoms with Gasteiger partial charge >= 0.3 is 0 Å². The smallest absolute Gasteiger partial charge is 0.127 e. The van der Waals surface area contributed by atoms with E-state index >= 15 is 0 Å². The number of rotatable bonds is 7. The second-order valence-electron chi connectivity index (χ2n) is 4.58. The highest BCUT2D eigenvalue weighted by molar-refractivity contribution is 9.09. The van der Waals surface area contributed by atoms with Gasteiger partial charge in [0, 0.05) is 28.9 Å². The Morgan fingerprint density at radius 1 is 1.28 bits per heavy atom. The molecule has 4 heteroatoms. The van der Waals surface area contributed by atoms with Crippen molar-refractivity contribution in [3.63, 3.8) is 0 Å². The molecule has 0 bridgehead atoms. The zero-order valence-corrected chi connectivity index (χ0v) is 12.8. The maximum absolute atomic E-state index is 6.12. The molecule has 1 aromatic carbocycles. The summed E-state index contributed by atoms with van der Waals surface area (Å²) in [4.78, 5) is 0. The molecule has 1 aromatic rings. The second kappa shape index (κ2) is 7.37. The Kier molecular flexibility index (Phi) is 5.80. The Labute approximate surface area is 122 Å². The number of hydrogen-bond donors (Lipinski definition) is 1. The van der Waals surface area contributed by atoms with E-state index in [1.54, 1.807) is 0 Å². The summed E-state index contributed by atoms with van der Waals surface area (Å²) in [6, 6.07) is 4.03. The van der Waals surface area contributed by atoms with Crippen molar-refractivity contribution in [1.29, 1.82) is 0 Å². The Balaban J connectivity index is 1.82. The first-order chi connectivity index (χ1) is 8.81. The molecule has 18 heavy (non-hydrogen) atoms. The van der Waals surface area contributed by atoms with Crippen molar-refractivity contribution in [1.82, 2.24) is 5.32 Å². The molecule has 0 radical (unpaired) electrons. The lowest BCUT2D eigenvalue weighted by molar-refractivity contribution is 0.352. The zero-order valence-electron chi connectivity index (χ0n) is 10.5. The first-order valence-electron chi connectivity index (χ1n) is 6.52. The van der Waals surface area contributed by atoms with Gasteiger partial charge in [0.05, 0.1) is 6.61 Å². The molecule has 0 fully saturated rings. The van der Waals surface area contributed by atoms with Gasteiger partial charge in [-0.1, -0.05) is 34.0 Å². The number of nitrogens with one attached hydrogen (secondary N) is 1. The van der Waals surface area contributed by atoms with E-state index in [-0.39, 0.29) is 0 Å². The molecular weight excluding hydrogens is 314 g/mol. The third-order valence-corrected chi connectivity index (χ3v) is 3.91. The van der Waals surface area contributed by atoms with Crippen LogP contribution in [0.3, 0.4) is 0 Å². The van der Waals surface area contributed by atoms with E-state index in [1.807, 2.05) is 12.1 Å². The zero-order chi connectivity index (χ0) is 12.8. The van der Waals surface area contributed by atoms with Crippen LogP contribution in [0.25, 0.3) is 0 Å². The van der Waals surface area contributed by atoms with Crippen LogP contribution in [0.5, 0.6) is 5.75 Å². The number of hydrogen-bond acceptors (Lipinski definition) is 2. The number of fused-ring (bicyclic) bond motifs is 1. The fourth-order valence-electron chi connectivity index (χ4n) is 2.22. The number of alkyl halides is 1. The van der Waals surface area contributed by atoms with Gasteiger partial charge in [-0.2, -0.15) is 0 Å². The molecule has 0 unspecified atom stereocenters. The van der Waals surface area contributed by atoms with Crippen LogP contribution in [0.2, 0.25) is 5.02 Å². The SMILES string of the molecule is Clc1cc2c(c(CNCCCCCBr)c1)OCC2. The van der Waals surface area contributed by atoms with Crippen LogP contribution in [0.15, 0.2) is 12.1 Å². The summed E-state index contributed by atoms with van der Waals surface area (Å²) in [6.07, 6.45) is 4.71. The van der Waals surface area contributed by atoms with Crippen molar-refractivity contribution in [3.05, 3.63) is 28.3 Å². The molecule has 2 rings (SSSR count). The minimum Gasteiger partial charge on any atom is -0.493 e. The van der Waals surface area contributed by atoms with Crippen molar-refractivity contribution in [3.8, 4) is 5.75 Å². The fraction of sp³-hybridized carbons (Fsp3) is 0.571. The van der Waals surface area contributed by atoms with E-state index < -0.39 is 0 Å². The number of benzene rings is 1. The normalized spacial score (nSPS) is 13.4. The van der Waals surface area contributed by atoms with Crippen LogP contribution in [0.4, 0.5) is 0 Å². The number of halogens is 2. The van der Waals surface area contributed by atoms with Gasteiger partial charge in [-0.05, 0) is 37.1 Å². The van der Waals surface area contributed by atoms with Crippen molar-refractivity contribution in [2.75, 3.05) is 18.5 Å². The Morgan fingerprint density at radius 2 is 2.17 bits per heavy atom. The lowest BCUT2D eigenvalue weighted by Gasteiger charge is -2.10. The molecule has 0 aromatic heterocycles. The summed E-state index contributed by atoms with van der Waals surface area (Å²) in [5.41, 5.74) is 2.44. The van der Waals surface area contributed by atoms with Gasteiger partial charge in [-0.25, -0.2) is 0 Å². The predicted octanol–water partition coefficient (Wildman–Crippen LogP) is 3.93. The van der Waals surface area contributed by atoms with E-state index in [2.05, 4.69) is 21.2 Å². The van der Waals surface area contributed by atoms with Crippen LogP contribution < -0.4 is 10.1 Å². The van der Waals surface area contributed by atoms with Gasteiger partial charge in [0.1, 0.15) is 5.75 Å². The molecule has 1 N–H and O–H groups in total. The average Bonchev–Trinajstić information content (AvgIpc) is 2.81. The quantitative estimate of drug-likeness (QED) is 0.603. The van der Waals surface area contributed by atoms with Crippen LogP contribution in [-0.4, -0.2) is 18.5 Å². The molecule has 0 saturated carbocycles. The van der Waals surface area contributed by atoms with Crippen LogP contribution in [-0.2, 0) is 13.0 Å². The number of unbranched alkanes of at least 4 members (excludes halogenated alkanes) is 2. The van der Waals surface area contributed by atoms with Crippen LogP contribution in [0, 0.1) is 0 Å². The molecule has 0 aliphatic carbocycles. The maximum Gasteiger partial charge on any atom is 0.127 e. The summed E-state index contributed by atoms with van der Waals surface area (Å²) < 4.78 is 5.68. The maximum atomic E-state index is 6.12. The van der Waals surface area contributed by atoms with E-state index in [4.69, 9.17) is 16.3 Å². The highest BCUT2D eigenvalue weighted by Gasteiger charge is 2.16. The van der Waals surface area contributed by atoms with E-state index in [9.17, 15) is 0 Å². The van der Waals surface area contributed by atoms with Crippen molar-refractivity contribution < 1.29 is 4.74 Å². The van der Waals surface area contributed by atoms with Crippen molar-refractivity contribution >= 4 is 27.5 Å². The summed E-state index contributed by atoms with van der Waals surface area (Å²) in [5, 5.41) is 5.38. The molecule has 1 aliphatic rings. The molecule has 1 aliphatic heterocycles. The Morgan fingerprint density at radius 3 is 3.00 bits per heavy atom. The van der Waals surface area contributed by atoms with Gasteiger partial charge in [-0.15, -0.1) is 0 Å². The van der Waals surface area contributed by atoms with Gasteiger partial charge < -0.3 is 10.1 Å². The lowest BCUT2D eigenvalue weighted by Crippen LogP contribution is -2.15. The monoisotopic (exact) mass is 331 g/mol. The Bertz CT molecular complexity index is 398. The van der Waals surface area contributed by atoms with E-state index in [0.717, 1.165) is 42.2 Å². The summed E-state index contributed by atoms with van der Waals surface area (Å²) in [7, 11) is 0. The first kappa shape index (κ1) is 14.2. The van der Waals surface area contributed by atoms with Crippen molar-refractivity contribution in [2.45, 2.75) is 32.2 Å². The minimum atomic E-state index is 0.786. The lowest BCUT2D eigenvalue weighted by atomic mass is 10.1. The predicted molar refractivity (Wildman–Crippen MR) is 80.0 cm³/mol. The standard InChI is InChI=1S/C14H19BrClNO/c15-5-2-1-3-6-17-10-12-9-13(16)8-11-4-7-18-14(11)12/h8-9,17H,1-7,10H2. The molecule has 2 nitrogen and oxygen atoms in total. The molecule has 0 saturated heterocycles. The second-order valence-corrected chi connectivity index (χ2v) is 5.81. The molecule has 100 valence electrons. The highest BCUT2D eigenvalue weighted by Crippen LogP contribution is 2.32. The van der Waals surface area contributed by atoms with E-state index in [1.165, 1.54) is 30.4 Å². The van der Waals surface area contributed by atoms with E-state index in [0.29, 0.717) is 0 Å². The average molecular weight is 333 g/mol. The third kappa shape index (κ3) is 3.87. The van der Waals surface area contributed by atoms with Crippen LogP contribution in [0.1, 0.15) is 30.4 Å². The summed E-state index contributed by atoms with van der Waals surface area (Å²) >= 11 is 9.57. The van der Waals surface area contributed by atoms with Gasteiger partial charge in [0.2, 0.25) is 0 Å². The molecular formula is C14H19BrClNO. The molecule has 0 amide bonds. The Hall–Kier alpha value is -0.250. The molecule has 0 atom stereocenters. The van der Waals surface area contributed by atoms with Crippen LogP contribution >= 0.6 is 27.5 Å². The third-order valence-electron chi connectivity index (χ3n) is 3.13. The molecule has 1 heterocycles. The summed E-state index contributed by atoms with van der Waals surface area (Å²) in [6.45, 7) is 2.68. The highest BCUT2D eigenvalue weighted by atomic mass is 79.9. The summed E-state index contributed by atoms with van der Waals surface area (Å²) in [5.74, 6) is 1.05. The fourth-order valence-corrected chi connectivity index (χ4v) is 2.88. The first-order valence-corrected chi connectivity index (χ1v) is 8.02. The largest absolute Gasteiger partial charge is 0.493 e. The molecule has 0 spiro atoms.